The third kappa shape index (κ3) is 1020. The van der Waals surface area contributed by atoms with Crippen molar-refractivity contribution in [2.45, 2.75) is 87.0 Å². The first-order chi connectivity index (χ1) is 17.8. The van der Waals surface area contributed by atoms with E-state index in [1.807, 2.05) is 6.92 Å². The Balaban J connectivity index is -0.0000000235. The summed E-state index contributed by atoms with van der Waals surface area (Å²) in [4.78, 5) is 72.0. The molecule has 0 bridgehead atoms. The van der Waals surface area contributed by atoms with Gasteiger partial charge in [-0.05, 0) is 6.42 Å². The van der Waals surface area contributed by atoms with Crippen molar-refractivity contribution in [1.82, 2.24) is 0 Å². The number of carbonyl (C=O) groups is 8. The summed E-state index contributed by atoms with van der Waals surface area (Å²) in [5, 5.41) is 59.3. The van der Waals surface area contributed by atoms with Gasteiger partial charge in [0.1, 0.15) is 5.79 Å². The topological polar surface area (TPSA) is 402 Å². The number of hydrogen-bond donors (Lipinski definition) is 12. The fraction of sp³-hybridized carbons (Fsp3) is 0.619. The molecule has 0 aromatic heterocycles. The molecule has 256 valence electrons. The average molecular weight is 709 g/mol. The molecular formula is C21H52N4Na4O16. The molecule has 0 saturated heterocycles. The van der Waals surface area contributed by atoms with Gasteiger partial charge in [-0.15, -0.1) is 0 Å². The molecule has 0 aliphatic heterocycles. The summed E-state index contributed by atoms with van der Waals surface area (Å²) in [5.41, 5.74) is 21.4. The molecule has 0 heterocycles. The number of nitrogens with two attached hydrogens (primary N) is 4. The molecule has 1 unspecified atom stereocenters. The Bertz CT molecular complexity index is 552. The second kappa shape index (κ2) is 66.1. The van der Waals surface area contributed by atoms with Gasteiger partial charge in [0.25, 0.3) is 47.8 Å². The average Bonchev–Trinajstić information content (AvgIpc) is 2.57. The Kier molecular flexibility index (Phi) is 125. The minimum atomic E-state index is -1.21. The van der Waals surface area contributed by atoms with Gasteiger partial charge in [0.2, 0.25) is 0 Å². The quantitative estimate of drug-likeness (QED) is 0.101. The van der Waals surface area contributed by atoms with E-state index in [0.717, 1.165) is 68.2 Å². The fourth-order valence-electron chi connectivity index (χ4n) is 0.561. The van der Waals surface area contributed by atoms with Crippen LogP contribution in [0.4, 0.5) is 0 Å². The molecule has 0 aliphatic rings. The van der Waals surface area contributed by atoms with Crippen LogP contribution in [0.2, 0.25) is 0 Å². The summed E-state index contributed by atoms with van der Waals surface area (Å²) in [6.45, 7) is 10.7. The van der Waals surface area contributed by atoms with Crippen LogP contribution in [0, 0.1) is 0 Å². The molecule has 20 nitrogen and oxygen atoms in total. The van der Waals surface area contributed by atoms with Crippen LogP contribution in [-0.4, -0.2) is 219 Å². The molecular weight excluding hydrogens is 656 g/mol. The fourth-order valence-corrected chi connectivity index (χ4v) is 0.561. The van der Waals surface area contributed by atoms with Gasteiger partial charge in [-0.3, -0.25) is 55.6 Å². The van der Waals surface area contributed by atoms with Gasteiger partial charge in [-0.1, -0.05) is 13.3 Å². The number of carboxylic acid groups (broad SMARTS) is 8. The molecule has 0 aromatic rings. The van der Waals surface area contributed by atoms with Crippen molar-refractivity contribution in [3.63, 3.8) is 0 Å². The molecule has 0 saturated carbocycles. The molecule has 0 aromatic carbocycles. The number of carboxylic acids is 8. The summed E-state index contributed by atoms with van der Waals surface area (Å²) < 4.78 is 0. The van der Waals surface area contributed by atoms with Crippen LogP contribution in [0.5, 0.6) is 0 Å². The molecule has 0 amide bonds. The molecule has 45 heavy (non-hydrogen) atoms. The van der Waals surface area contributed by atoms with Crippen LogP contribution in [0.25, 0.3) is 0 Å². The summed E-state index contributed by atoms with van der Waals surface area (Å²) >= 11 is 0. The molecule has 16 N–H and O–H groups in total. The van der Waals surface area contributed by atoms with E-state index in [9.17, 15) is 0 Å². The van der Waals surface area contributed by atoms with E-state index >= 15 is 0 Å². The second-order valence-electron chi connectivity index (χ2n) is 6.55. The van der Waals surface area contributed by atoms with Crippen LogP contribution in [0.3, 0.4) is 0 Å². The molecule has 0 rings (SSSR count). The standard InChI is InChI=1S/C5H16N4.8C2H4O2.4Na.4H/c1-2-3-4(6)5(7,8)9;8*1-2(3)4;;;;;;;;/h4H,2-3,6-9H2,1H3;8*1H3,(H,3,4);;;;;;;;. The summed E-state index contributed by atoms with van der Waals surface area (Å²) in [7, 11) is 0. The third-order valence-corrected chi connectivity index (χ3v) is 1.24. The van der Waals surface area contributed by atoms with Crippen molar-refractivity contribution in [2.24, 2.45) is 22.9 Å². The second-order valence-corrected chi connectivity index (χ2v) is 6.55. The van der Waals surface area contributed by atoms with Crippen molar-refractivity contribution in [3.8, 4) is 0 Å². The summed E-state index contributed by atoms with van der Waals surface area (Å²) in [6, 6.07) is -0.303. The van der Waals surface area contributed by atoms with Crippen molar-refractivity contribution in [1.29, 1.82) is 0 Å². The van der Waals surface area contributed by atoms with E-state index in [4.69, 9.17) is 102 Å². The monoisotopic (exact) mass is 708 g/mol. The van der Waals surface area contributed by atoms with Gasteiger partial charge >= 0.3 is 118 Å². The maximum atomic E-state index is 9.00. The zero-order valence-corrected chi connectivity index (χ0v) is 24.6. The van der Waals surface area contributed by atoms with Crippen LogP contribution in [-0.2, 0) is 38.4 Å². The van der Waals surface area contributed by atoms with Crippen molar-refractivity contribution in [3.05, 3.63) is 0 Å². The molecule has 0 fully saturated rings. The zero-order chi connectivity index (χ0) is 36.1. The van der Waals surface area contributed by atoms with Gasteiger partial charge in [0.15, 0.2) is 0 Å². The molecule has 0 aliphatic carbocycles. The van der Waals surface area contributed by atoms with E-state index in [1.165, 1.54) is 0 Å². The number of aliphatic carboxylic acids is 8. The summed E-state index contributed by atoms with van der Waals surface area (Å²) in [6.07, 6.45) is 1.72. The number of rotatable bonds is 3. The van der Waals surface area contributed by atoms with E-state index in [2.05, 4.69) is 0 Å². The van der Waals surface area contributed by atoms with E-state index in [1.54, 1.807) is 0 Å². The van der Waals surface area contributed by atoms with Crippen molar-refractivity contribution < 1.29 is 79.2 Å². The van der Waals surface area contributed by atoms with Crippen LogP contribution in [0.1, 0.15) is 75.2 Å². The predicted octanol–water partition coefficient (Wildman–Crippen LogP) is -3.22. The van der Waals surface area contributed by atoms with Gasteiger partial charge in [-0.2, -0.15) is 0 Å². The Morgan fingerprint density at radius 2 is 0.533 bits per heavy atom. The Hall–Kier alpha value is -0.400. The van der Waals surface area contributed by atoms with Crippen LogP contribution in [0.15, 0.2) is 0 Å². The number of hydrogen-bond acceptors (Lipinski definition) is 12. The van der Waals surface area contributed by atoms with Crippen LogP contribution < -0.4 is 22.9 Å². The van der Waals surface area contributed by atoms with Crippen LogP contribution >= 0.6 is 0 Å². The van der Waals surface area contributed by atoms with E-state index < -0.39 is 53.5 Å². The van der Waals surface area contributed by atoms with Crippen molar-refractivity contribution in [2.75, 3.05) is 0 Å². The van der Waals surface area contributed by atoms with Crippen molar-refractivity contribution >= 4 is 166 Å². The van der Waals surface area contributed by atoms with E-state index in [-0.39, 0.29) is 124 Å². The first-order valence-corrected chi connectivity index (χ1v) is 10.5. The van der Waals surface area contributed by atoms with Gasteiger partial charge < -0.3 is 46.6 Å². The van der Waals surface area contributed by atoms with Gasteiger partial charge in [-0.25, -0.2) is 0 Å². The molecule has 0 radical (unpaired) electrons. The normalized spacial score (nSPS) is 7.58. The Labute approximate surface area is 351 Å². The Morgan fingerprint density at radius 3 is 0.556 bits per heavy atom. The maximum absolute atomic E-state index is 9.00. The predicted molar refractivity (Wildman–Crippen MR) is 173 cm³/mol. The van der Waals surface area contributed by atoms with Gasteiger partial charge in [0.05, 0.1) is 0 Å². The molecule has 1 atom stereocenters. The molecule has 0 spiro atoms. The van der Waals surface area contributed by atoms with E-state index in [0.29, 0.717) is 0 Å². The molecule has 24 heteroatoms. The minimum absolute atomic E-state index is 0. The third-order valence-electron chi connectivity index (χ3n) is 1.24. The Morgan fingerprint density at radius 1 is 0.444 bits per heavy atom. The summed E-state index contributed by atoms with van der Waals surface area (Å²) in [5.74, 6) is -7.88. The zero-order valence-electron chi connectivity index (χ0n) is 24.6. The van der Waals surface area contributed by atoms with Gasteiger partial charge in [0, 0.05) is 61.4 Å². The first kappa shape index (κ1) is 84.9. The SMILES string of the molecule is CC(=O)O.CC(=O)O.CC(=O)O.CC(=O)O.CC(=O)O.CC(=O)O.CC(=O)O.CC(=O)O.CCCC(N)C(N)(N)N.[NaH].[NaH].[NaH].[NaH]. The first-order valence-electron chi connectivity index (χ1n) is 10.5.